The molecule has 0 spiro atoms. The molecule has 0 bridgehead atoms. The minimum atomic E-state index is -3.54. The number of rotatable bonds is 6. The zero-order chi connectivity index (χ0) is 15.3. The largest absolute Gasteiger partial charge is 0.380 e. The molecule has 0 saturated carbocycles. The van der Waals surface area contributed by atoms with Crippen LogP contribution in [0.1, 0.15) is 11.1 Å². The van der Waals surface area contributed by atoms with E-state index in [1.807, 2.05) is 24.3 Å². The van der Waals surface area contributed by atoms with E-state index >= 15 is 0 Å². The maximum atomic E-state index is 12.3. The van der Waals surface area contributed by atoms with Crippen LogP contribution in [-0.2, 0) is 27.9 Å². The number of sulfonamides is 1. The molecule has 0 unspecified atom stereocenters. The molecule has 21 heavy (non-hydrogen) atoms. The first kappa shape index (κ1) is 16.2. The molecule has 1 N–H and O–H groups in total. The van der Waals surface area contributed by atoms with Gasteiger partial charge in [-0.3, -0.25) is 0 Å². The van der Waals surface area contributed by atoms with Crippen molar-refractivity contribution in [2.24, 2.45) is 0 Å². The Hall–Kier alpha value is -1.21. The minimum absolute atomic E-state index is 0.234. The van der Waals surface area contributed by atoms with E-state index in [2.05, 4.69) is 20.7 Å². The van der Waals surface area contributed by atoms with Crippen molar-refractivity contribution in [2.45, 2.75) is 18.0 Å². The third-order valence-corrected chi connectivity index (χ3v) is 5.31. The van der Waals surface area contributed by atoms with Crippen LogP contribution in [-0.4, -0.2) is 15.5 Å². The van der Waals surface area contributed by atoms with E-state index in [0.717, 1.165) is 11.1 Å². The lowest BCUT2D eigenvalue weighted by atomic mass is 10.1. The van der Waals surface area contributed by atoms with Gasteiger partial charge in [0.2, 0.25) is 10.0 Å². The van der Waals surface area contributed by atoms with Gasteiger partial charge in [0.1, 0.15) is 0 Å². The molecule has 0 aliphatic heterocycles. The van der Waals surface area contributed by atoms with Crippen LogP contribution in [0.5, 0.6) is 0 Å². The van der Waals surface area contributed by atoms with Crippen LogP contribution in [0.2, 0.25) is 0 Å². The Bertz CT molecular complexity index is 716. The SMILES string of the molecule is COCc1cccc(CNS(=O)(=O)c2ccccc2Br)c1. The van der Waals surface area contributed by atoms with E-state index in [1.54, 1.807) is 31.4 Å². The molecule has 0 atom stereocenters. The van der Waals surface area contributed by atoms with E-state index in [4.69, 9.17) is 4.74 Å². The van der Waals surface area contributed by atoms with Crippen LogP contribution in [0.15, 0.2) is 57.9 Å². The number of hydrogen-bond donors (Lipinski definition) is 1. The molecule has 0 radical (unpaired) electrons. The molecular weight excluding hydrogens is 354 g/mol. The van der Waals surface area contributed by atoms with Gasteiger partial charge >= 0.3 is 0 Å². The Kier molecular flexibility index (Phi) is 5.52. The average molecular weight is 370 g/mol. The molecule has 4 nitrogen and oxygen atoms in total. The van der Waals surface area contributed by atoms with Gasteiger partial charge < -0.3 is 4.74 Å². The molecule has 0 saturated heterocycles. The summed E-state index contributed by atoms with van der Waals surface area (Å²) < 4.78 is 32.8. The molecule has 2 rings (SSSR count). The topological polar surface area (TPSA) is 55.4 Å². The maximum Gasteiger partial charge on any atom is 0.241 e. The van der Waals surface area contributed by atoms with E-state index in [0.29, 0.717) is 11.1 Å². The number of hydrogen-bond acceptors (Lipinski definition) is 3. The van der Waals surface area contributed by atoms with Gasteiger partial charge in [0.25, 0.3) is 0 Å². The number of benzene rings is 2. The Morgan fingerprint density at radius 3 is 2.52 bits per heavy atom. The number of methoxy groups -OCH3 is 1. The molecule has 112 valence electrons. The second kappa shape index (κ2) is 7.17. The molecule has 6 heteroatoms. The second-order valence-electron chi connectivity index (χ2n) is 4.51. The molecule has 0 aliphatic carbocycles. The summed E-state index contributed by atoms with van der Waals surface area (Å²) in [5, 5.41) is 0. The second-order valence-corrected chi connectivity index (χ2v) is 7.10. The monoisotopic (exact) mass is 369 g/mol. The van der Waals surface area contributed by atoms with Crippen molar-refractivity contribution in [3.8, 4) is 0 Å². The summed E-state index contributed by atoms with van der Waals surface area (Å²) in [4.78, 5) is 0.234. The summed E-state index contributed by atoms with van der Waals surface area (Å²) in [5.41, 5.74) is 1.90. The van der Waals surface area contributed by atoms with Crippen LogP contribution in [0.25, 0.3) is 0 Å². The van der Waals surface area contributed by atoms with Gasteiger partial charge in [0.05, 0.1) is 11.5 Å². The fourth-order valence-corrected chi connectivity index (χ4v) is 3.93. The number of nitrogens with one attached hydrogen (secondary N) is 1. The minimum Gasteiger partial charge on any atom is -0.380 e. The normalized spacial score (nSPS) is 11.5. The highest BCUT2D eigenvalue weighted by Gasteiger charge is 2.16. The molecule has 2 aromatic rings. The summed E-state index contributed by atoms with van der Waals surface area (Å²) >= 11 is 3.25. The molecule has 0 heterocycles. The first-order valence-electron chi connectivity index (χ1n) is 6.34. The van der Waals surface area contributed by atoms with Crippen molar-refractivity contribution < 1.29 is 13.2 Å². The van der Waals surface area contributed by atoms with Gasteiger partial charge in [0, 0.05) is 18.1 Å². The van der Waals surface area contributed by atoms with Crippen molar-refractivity contribution >= 4 is 26.0 Å². The first-order valence-corrected chi connectivity index (χ1v) is 8.61. The van der Waals surface area contributed by atoms with Crippen LogP contribution in [0.3, 0.4) is 0 Å². The first-order chi connectivity index (χ1) is 10.0. The molecule has 0 aromatic heterocycles. The zero-order valence-electron chi connectivity index (χ0n) is 11.5. The number of ether oxygens (including phenoxy) is 1. The molecule has 2 aromatic carbocycles. The smallest absolute Gasteiger partial charge is 0.241 e. The van der Waals surface area contributed by atoms with Gasteiger partial charge in [0.15, 0.2) is 0 Å². The highest BCUT2D eigenvalue weighted by Crippen LogP contribution is 2.21. The van der Waals surface area contributed by atoms with Gasteiger partial charge in [-0.15, -0.1) is 0 Å². The lowest BCUT2D eigenvalue weighted by molar-refractivity contribution is 0.185. The molecule has 0 fully saturated rings. The third kappa shape index (κ3) is 4.38. The van der Waals surface area contributed by atoms with Crippen molar-refractivity contribution in [3.63, 3.8) is 0 Å². The van der Waals surface area contributed by atoms with Gasteiger partial charge in [-0.2, -0.15) is 0 Å². The summed E-state index contributed by atoms with van der Waals surface area (Å²) in [7, 11) is -1.92. The van der Waals surface area contributed by atoms with E-state index in [9.17, 15) is 8.42 Å². The van der Waals surface area contributed by atoms with Crippen LogP contribution < -0.4 is 4.72 Å². The van der Waals surface area contributed by atoms with Gasteiger partial charge in [-0.25, -0.2) is 13.1 Å². The van der Waals surface area contributed by atoms with Gasteiger partial charge in [-0.1, -0.05) is 36.4 Å². The predicted molar refractivity (Wildman–Crippen MR) is 85.3 cm³/mol. The lowest BCUT2D eigenvalue weighted by Crippen LogP contribution is -2.23. The van der Waals surface area contributed by atoms with Crippen LogP contribution in [0.4, 0.5) is 0 Å². The highest BCUT2D eigenvalue weighted by molar-refractivity contribution is 9.10. The van der Waals surface area contributed by atoms with E-state index in [1.165, 1.54) is 0 Å². The third-order valence-electron chi connectivity index (χ3n) is 2.89. The molecule has 0 aliphatic rings. The van der Waals surface area contributed by atoms with Gasteiger partial charge in [-0.05, 0) is 39.2 Å². The summed E-state index contributed by atoms with van der Waals surface area (Å²) in [6.07, 6.45) is 0. The Balaban J connectivity index is 2.12. The van der Waals surface area contributed by atoms with E-state index in [-0.39, 0.29) is 11.4 Å². The fraction of sp³-hybridized carbons (Fsp3) is 0.200. The zero-order valence-corrected chi connectivity index (χ0v) is 13.9. The quantitative estimate of drug-likeness (QED) is 0.850. The highest BCUT2D eigenvalue weighted by atomic mass is 79.9. The van der Waals surface area contributed by atoms with Crippen LogP contribution in [0, 0.1) is 0 Å². The van der Waals surface area contributed by atoms with Crippen molar-refractivity contribution in [1.29, 1.82) is 0 Å². The van der Waals surface area contributed by atoms with E-state index < -0.39 is 10.0 Å². The average Bonchev–Trinajstić information content (AvgIpc) is 2.46. The Morgan fingerprint density at radius 1 is 1.10 bits per heavy atom. The Labute approximate surface area is 133 Å². The summed E-state index contributed by atoms with van der Waals surface area (Å²) in [6.45, 7) is 0.742. The van der Waals surface area contributed by atoms with Crippen molar-refractivity contribution in [2.75, 3.05) is 7.11 Å². The van der Waals surface area contributed by atoms with Crippen LogP contribution >= 0.6 is 15.9 Å². The van der Waals surface area contributed by atoms with Crippen molar-refractivity contribution in [3.05, 3.63) is 64.1 Å². The summed E-state index contributed by atoms with van der Waals surface area (Å²) in [6, 6.07) is 14.4. The molecular formula is C15H16BrNO3S. The number of halogens is 1. The fourth-order valence-electron chi connectivity index (χ4n) is 1.91. The standard InChI is InChI=1S/C15H16BrNO3S/c1-20-11-13-6-4-5-12(9-13)10-17-21(18,19)15-8-3-2-7-14(15)16/h2-9,17H,10-11H2,1H3. The molecule has 0 amide bonds. The van der Waals surface area contributed by atoms with Crippen molar-refractivity contribution in [1.82, 2.24) is 4.72 Å². The maximum absolute atomic E-state index is 12.3. The summed E-state index contributed by atoms with van der Waals surface area (Å²) in [5.74, 6) is 0. The Morgan fingerprint density at radius 2 is 1.81 bits per heavy atom. The predicted octanol–water partition coefficient (Wildman–Crippen LogP) is 3.07. The lowest BCUT2D eigenvalue weighted by Gasteiger charge is -2.09.